The summed E-state index contributed by atoms with van der Waals surface area (Å²) in [5.74, 6) is 0.220. The summed E-state index contributed by atoms with van der Waals surface area (Å²) in [6, 6.07) is 14.7. The monoisotopic (exact) mass is 403 g/mol. The largest absolute Gasteiger partial charge is 0.573 e. The zero-order chi connectivity index (χ0) is 21.0. The van der Waals surface area contributed by atoms with Gasteiger partial charge in [0.1, 0.15) is 11.6 Å². The third-order valence-corrected chi connectivity index (χ3v) is 4.30. The molecule has 29 heavy (non-hydrogen) atoms. The van der Waals surface area contributed by atoms with E-state index in [2.05, 4.69) is 15.2 Å². The number of carbonyl (C=O) groups is 1. The van der Waals surface area contributed by atoms with E-state index in [-0.39, 0.29) is 18.1 Å². The number of anilines is 1. The van der Waals surface area contributed by atoms with Crippen molar-refractivity contribution in [2.75, 3.05) is 5.32 Å². The van der Waals surface area contributed by atoms with E-state index in [1.165, 1.54) is 12.1 Å². The summed E-state index contributed by atoms with van der Waals surface area (Å²) in [6.07, 6.45) is -3.73. The maximum Gasteiger partial charge on any atom is 0.573 e. The highest BCUT2D eigenvalue weighted by Gasteiger charge is 2.30. The number of rotatable bonds is 6. The molecule has 0 radical (unpaired) electrons. The standard InChI is InChI=1S/C21H20F3N3O2/c1-3-17-13-19(27(2)26-17)25-20(28)12-14-4-6-15(7-5-14)16-8-10-18(11-9-16)29-21(22,23)24/h4-11,13H,3,12H2,1-2H3,(H,25,28). The number of nitrogens with zero attached hydrogens (tertiary/aromatic N) is 2. The molecule has 0 fully saturated rings. The summed E-state index contributed by atoms with van der Waals surface area (Å²) in [4.78, 5) is 12.3. The predicted octanol–water partition coefficient (Wildman–Crippen LogP) is 4.73. The fourth-order valence-corrected chi connectivity index (χ4v) is 2.85. The molecule has 1 aromatic heterocycles. The van der Waals surface area contributed by atoms with Crippen molar-refractivity contribution in [2.24, 2.45) is 7.05 Å². The van der Waals surface area contributed by atoms with Crippen LogP contribution >= 0.6 is 0 Å². The minimum absolute atomic E-state index is 0.156. The number of halogens is 3. The van der Waals surface area contributed by atoms with Gasteiger partial charge in [-0.2, -0.15) is 5.10 Å². The number of ether oxygens (including phenoxy) is 1. The molecule has 5 nitrogen and oxygen atoms in total. The van der Waals surface area contributed by atoms with E-state index >= 15 is 0 Å². The van der Waals surface area contributed by atoms with Crippen LogP contribution in [0.25, 0.3) is 11.1 Å². The van der Waals surface area contributed by atoms with Gasteiger partial charge < -0.3 is 10.1 Å². The van der Waals surface area contributed by atoms with Gasteiger partial charge in [0.25, 0.3) is 0 Å². The Kier molecular flexibility index (Phi) is 5.91. The Morgan fingerprint density at radius 1 is 1.07 bits per heavy atom. The fraction of sp³-hybridized carbons (Fsp3) is 0.238. The quantitative estimate of drug-likeness (QED) is 0.647. The van der Waals surface area contributed by atoms with Crippen LogP contribution in [-0.4, -0.2) is 22.1 Å². The van der Waals surface area contributed by atoms with Gasteiger partial charge in [-0.3, -0.25) is 9.48 Å². The van der Waals surface area contributed by atoms with Crippen LogP contribution in [0.2, 0.25) is 0 Å². The Bertz CT molecular complexity index is 978. The molecule has 0 saturated carbocycles. The van der Waals surface area contributed by atoms with E-state index in [1.807, 2.05) is 37.3 Å². The van der Waals surface area contributed by atoms with E-state index < -0.39 is 6.36 Å². The average molecular weight is 403 g/mol. The summed E-state index contributed by atoms with van der Waals surface area (Å²) >= 11 is 0. The van der Waals surface area contributed by atoms with Gasteiger partial charge in [0.15, 0.2) is 0 Å². The van der Waals surface area contributed by atoms with Crippen molar-refractivity contribution >= 4 is 11.7 Å². The Labute approximate surface area is 166 Å². The zero-order valence-corrected chi connectivity index (χ0v) is 16.0. The Balaban J connectivity index is 1.62. The maximum absolute atomic E-state index is 12.3. The molecule has 3 aromatic rings. The number of hydrogen-bond donors (Lipinski definition) is 1. The van der Waals surface area contributed by atoms with Gasteiger partial charge in [0, 0.05) is 13.1 Å². The average Bonchev–Trinajstić information content (AvgIpc) is 3.01. The second kappa shape index (κ2) is 8.38. The highest BCUT2D eigenvalue weighted by atomic mass is 19.4. The number of hydrogen-bond acceptors (Lipinski definition) is 3. The molecule has 152 valence electrons. The van der Waals surface area contributed by atoms with Crippen LogP contribution in [0.4, 0.5) is 19.0 Å². The molecule has 1 amide bonds. The van der Waals surface area contributed by atoms with Gasteiger partial charge in [0.05, 0.1) is 12.1 Å². The van der Waals surface area contributed by atoms with Crippen LogP contribution in [-0.2, 0) is 24.7 Å². The first kappa shape index (κ1) is 20.4. The molecular formula is C21H20F3N3O2. The first-order chi connectivity index (χ1) is 13.7. The topological polar surface area (TPSA) is 56.1 Å². The van der Waals surface area contributed by atoms with Crippen LogP contribution in [0.3, 0.4) is 0 Å². The molecule has 0 spiro atoms. The van der Waals surface area contributed by atoms with E-state index in [0.717, 1.165) is 28.8 Å². The van der Waals surface area contributed by atoms with Crippen molar-refractivity contribution < 1.29 is 22.7 Å². The summed E-state index contributed by atoms with van der Waals surface area (Å²) in [7, 11) is 1.77. The van der Waals surface area contributed by atoms with E-state index in [4.69, 9.17) is 0 Å². The van der Waals surface area contributed by atoms with Crippen LogP contribution in [0.1, 0.15) is 18.2 Å². The summed E-state index contributed by atoms with van der Waals surface area (Å²) in [6.45, 7) is 1.99. The minimum atomic E-state index is -4.71. The molecule has 8 heteroatoms. The van der Waals surface area contributed by atoms with Crippen LogP contribution < -0.4 is 10.1 Å². The van der Waals surface area contributed by atoms with Gasteiger partial charge >= 0.3 is 6.36 Å². The van der Waals surface area contributed by atoms with Gasteiger partial charge in [0.2, 0.25) is 5.91 Å². The fourth-order valence-electron chi connectivity index (χ4n) is 2.85. The van der Waals surface area contributed by atoms with Gasteiger partial charge in [-0.15, -0.1) is 13.2 Å². The molecule has 1 N–H and O–H groups in total. The number of benzene rings is 2. The number of aryl methyl sites for hydroxylation is 2. The second-order valence-corrected chi connectivity index (χ2v) is 6.49. The normalized spacial score (nSPS) is 11.3. The molecule has 0 unspecified atom stereocenters. The smallest absolute Gasteiger partial charge is 0.406 e. The van der Waals surface area contributed by atoms with Crippen LogP contribution in [0.5, 0.6) is 5.75 Å². The van der Waals surface area contributed by atoms with Crippen molar-refractivity contribution in [1.29, 1.82) is 0 Å². The lowest BCUT2D eigenvalue weighted by molar-refractivity contribution is -0.274. The SMILES string of the molecule is CCc1cc(NC(=O)Cc2ccc(-c3ccc(OC(F)(F)F)cc3)cc2)n(C)n1. The summed E-state index contributed by atoms with van der Waals surface area (Å²) in [5.41, 5.74) is 3.30. The molecule has 3 rings (SSSR count). The zero-order valence-electron chi connectivity index (χ0n) is 16.0. The molecule has 2 aromatic carbocycles. The molecule has 0 saturated heterocycles. The Morgan fingerprint density at radius 3 is 2.17 bits per heavy atom. The number of carbonyl (C=O) groups excluding carboxylic acids is 1. The number of nitrogens with one attached hydrogen (secondary N) is 1. The number of amides is 1. The van der Waals surface area contributed by atoms with Crippen molar-refractivity contribution in [3.8, 4) is 16.9 Å². The minimum Gasteiger partial charge on any atom is -0.406 e. The van der Waals surface area contributed by atoms with Crippen LogP contribution in [0, 0.1) is 0 Å². The van der Waals surface area contributed by atoms with Crippen molar-refractivity contribution in [1.82, 2.24) is 9.78 Å². The third-order valence-electron chi connectivity index (χ3n) is 4.30. The number of aromatic nitrogens is 2. The maximum atomic E-state index is 12.3. The lowest BCUT2D eigenvalue weighted by atomic mass is 10.0. The molecule has 1 heterocycles. The lowest BCUT2D eigenvalue weighted by Gasteiger charge is -2.10. The Hall–Kier alpha value is -3.29. The van der Waals surface area contributed by atoms with Gasteiger partial charge in [-0.05, 0) is 35.2 Å². The molecule has 0 aliphatic heterocycles. The van der Waals surface area contributed by atoms with Gasteiger partial charge in [-0.1, -0.05) is 43.3 Å². The molecule has 0 atom stereocenters. The van der Waals surface area contributed by atoms with E-state index in [1.54, 1.807) is 23.9 Å². The predicted molar refractivity (Wildman–Crippen MR) is 103 cm³/mol. The van der Waals surface area contributed by atoms with Crippen LogP contribution in [0.15, 0.2) is 54.6 Å². The lowest BCUT2D eigenvalue weighted by Crippen LogP contribution is -2.17. The first-order valence-electron chi connectivity index (χ1n) is 9.01. The third kappa shape index (κ3) is 5.60. The molecule has 0 aliphatic rings. The highest BCUT2D eigenvalue weighted by Crippen LogP contribution is 2.26. The summed E-state index contributed by atoms with van der Waals surface area (Å²) < 4.78 is 42.2. The van der Waals surface area contributed by atoms with Crippen molar-refractivity contribution in [3.05, 3.63) is 65.9 Å². The first-order valence-corrected chi connectivity index (χ1v) is 9.01. The molecule has 0 aliphatic carbocycles. The molecule has 0 bridgehead atoms. The van der Waals surface area contributed by atoms with E-state index in [0.29, 0.717) is 5.82 Å². The van der Waals surface area contributed by atoms with Crippen molar-refractivity contribution in [3.63, 3.8) is 0 Å². The summed E-state index contributed by atoms with van der Waals surface area (Å²) in [5, 5.41) is 7.13. The van der Waals surface area contributed by atoms with Gasteiger partial charge in [-0.25, -0.2) is 0 Å². The van der Waals surface area contributed by atoms with E-state index in [9.17, 15) is 18.0 Å². The number of alkyl halides is 3. The van der Waals surface area contributed by atoms with Crippen molar-refractivity contribution in [2.45, 2.75) is 26.1 Å². The Morgan fingerprint density at radius 2 is 1.66 bits per heavy atom. The molecular weight excluding hydrogens is 383 g/mol. The second-order valence-electron chi connectivity index (χ2n) is 6.49. The highest BCUT2D eigenvalue weighted by molar-refractivity contribution is 5.91.